The summed E-state index contributed by atoms with van der Waals surface area (Å²) in [6.45, 7) is 4.14. The van der Waals surface area contributed by atoms with Gasteiger partial charge in [0.2, 0.25) is 5.91 Å². The van der Waals surface area contributed by atoms with Crippen molar-refractivity contribution < 1.29 is 18.3 Å². The lowest BCUT2D eigenvalue weighted by atomic mass is 10.1. The quantitative estimate of drug-likeness (QED) is 0.850. The van der Waals surface area contributed by atoms with Gasteiger partial charge in [-0.3, -0.25) is 10.1 Å². The highest BCUT2D eigenvalue weighted by atomic mass is 35.5. The van der Waals surface area contributed by atoms with Crippen LogP contribution in [0.4, 0.5) is 8.78 Å². The maximum Gasteiger partial charge on any atom is 0.262 e. The summed E-state index contributed by atoms with van der Waals surface area (Å²) in [6.07, 6.45) is 0.521. The molecule has 0 aliphatic carbocycles. The highest BCUT2D eigenvalue weighted by Gasteiger charge is 2.44. The Kier molecular flexibility index (Phi) is 5.95. The second-order valence-electron chi connectivity index (χ2n) is 5.09. The Morgan fingerprint density at radius 1 is 1.53 bits per heavy atom. The van der Waals surface area contributed by atoms with E-state index < -0.39 is 12.0 Å². The van der Waals surface area contributed by atoms with E-state index >= 15 is 0 Å². The van der Waals surface area contributed by atoms with Crippen molar-refractivity contribution in [2.24, 2.45) is 5.92 Å². The predicted molar refractivity (Wildman–Crippen MR) is 69.8 cm³/mol. The molecular weight excluding hydrogens is 278 g/mol. The number of carbonyl (C=O) groups excluding carboxylic acids is 1. The first kappa shape index (κ1) is 16.6. The predicted octanol–water partition coefficient (Wildman–Crippen LogP) is 1.29. The summed E-state index contributed by atoms with van der Waals surface area (Å²) in [5.41, 5.74) is 0. The highest BCUT2D eigenvalue weighted by molar-refractivity contribution is 5.85. The second kappa shape index (κ2) is 6.81. The molecule has 112 valence electrons. The molecule has 7 heteroatoms. The maximum absolute atomic E-state index is 13.0. The molecule has 4 nitrogen and oxygen atoms in total. The van der Waals surface area contributed by atoms with Crippen LogP contribution in [-0.4, -0.2) is 55.6 Å². The van der Waals surface area contributed by atoms with Crippen molar-refractivity contribution in [3.05, 3.63) is 0 Å². The van der Waals surface area contributed by atoms with Crippen LogP contribution in [0.3, 0.4) is 0 Å². The molecule has 0 bridgehead atoms. The number of likely N-dealkylation sites (tertiary alicyclic amines) is 1. The molecule has 2 fully saturated rings. The minimum absolute atomic E-state index is 0. The van der Waals surface area contributed by atoms with Crippen LogP contribution in [0.25, 0.3) is 0 Å². The van der Waals surface area contributed by atoms with Gasteiger partial charge >= 0.3 is 0 Å². The highest BCUT2D eigenvalue weighted by Crippen LogP contribution is 2.27. The fraction of sp³-hybridized carbons (Fsp3) is 0.917. The Hall–Kier alpha value is -0.460. The summed E-state index contributed by atoms with van der Waals surface area (Å²) in [7, 11) is 0. The van der Waals surface area contributed by atoms with Gasteiger partial charge in [0.15, 0.2) is 0 Å². The van der Waals surface area contributed by atoms with Gasteiger partial charge in [-0.2, -0.15) is 0 Å². The number of rotatable bonds is 4. The Labute approximate surface area is 118 Å². The van der Waals surface area contributed by atoms with Crippen LogP contribution < -0.4 is 5.32 Å². The molecule has 0 radical (unpaired) electrons. The molecule has 1 amide bonds. The summed E-state index contributed by atoms with van der Waals surface area (Å²) < 4.78 is 31.4. The van der Waals surface area contributed by atoms with Gasteiger partial charge in [0.1, 0.15) is 0 Å². The van der Waals surface area contributed by atoms with Crippen molar-refractivity contribution in [2.75, 3.05) is 32.8 Å². The number of amides is 1. The molecule has 0 aromatic carbocycles. The summed E-state index contributed by atoms with van der Waals surface area (Å²) in [6, 6.07) is -0.717. The van der Waals surface area contributed by atoms with Crippen LogP contribution in [0.5, 0.6) is 0 Å². The fourth-order valence-electron chi connectivity index (χ4n) is 2.56. The average Bonchev–Trinajstić information content (AvgIpc) is 2.92. The second-order valence-corrected chi connectivity index (χ2v) is 5.09. The SMILES string of the molecule is CCOCC1CCN(C(=O)C2CC(F)(F)CN2)C1.Cl. The fourth-order valence-corrected chi connectivity index (χ4v) is 2.56. The number of hydrogen-bond donors (Lipinski definition) is 1. The van der Waals surface area contributed by atoms with Gasteiger partial charge in [0.05, 0.1) is 19.2 Å². The standard InChI is InChI=1S/C12H20F2N2O2.ClH/c1-2-18-7-9-3-4-16(6-9)11(17)10-5-12(13,14)8-15-10;/h9-10,15H,2-8H2,1H3;1H. The lowest BCUT2D eigenvalue weighted by molar-refractivity contribution is -0.132. The zero-order valence-corrected chi connectivity index (χ0v) is 11.8. The normalized spacial score (nSPS) is 29.3. The number of alkyl halides is 2. The van der Waals surface area contributed by atoms with E-state index in [1.165, 1.54) is 0 Å². The van der Waals surface area contributed by atoms with E-state index in [1.807, 2.05) is 6.92 Å². The van der Waals surface area contributed by atoms with Gasteiger partial charge in [-0.1, -0.05) is 0 Å². The molecular formula is C12H21ClF2N2O2. The van der Waals surface area contributed by atoms with Crippen molar-refractivity contribution in [3.63, 3.8) is 0 Å². The number of nitrogens with one attached hydrogen (secondary N) is 1. The van der Waals surface area contributed by atoms with Crippen LogP contribution in [0, 0.1) is 5.92 Å². The van der Waals surface area contributed by atoms with Crippen LogP contribution in [0.15, 0.2) is 0 Å². The molecule has 0 aromatic heterocycles. The largest absolute Gasteiger partial charge is 0.381 e. The molecule has 0 aromatic rings. The van der Waals surface area contributed by atoms with E-state index in [2.05, 4.69) is 5.32 Å². The van der Waals surface area contributed by atoms with E-state index in [0.717, 1.165) is 6.42 Å². The van der Waals surface area contributed by atoms with Crippen molar-refractivity contribution in [3.8, 4) is 0 Å². The van der Waals surface area contributed by atoms with Crippen LogP contribution >= 0.6 is 12.4 Å². The first-order valence-electron chi connectivity index (χ1n) is 6.49. The lowest BCUT2D eigenvalue weighted by Crippen LogP contribution is -2.42. The zero-order chi connectivity index (χ0) is 13.2. The number of halogens is 3. The Morgan fingerprint density at radius 3 is 2.84 bits per heavy atom. The Morgan fingerprint density at radius 2 is 2.26 bits per heavy atom. The van der Waals surface area contributed by atoms with Crippen molar-refractivity contribution >= 4 is 18.3 Å². The number of carbonyl (C=O) groups is 1. The summed E-state index contributed by atoms with van der Waals surface area (Å²) >= 11 is 0. The smallest absolute Gasteiger partial charge is 0.262 e. The molecule has 2 saturated heterocycles. The maximum atomic E-state index is 13.0. The number of nitrogens with zero attached hydrogens (tertiary/aromatic N) is 1. The molecule has 2 atom stereocenters. The lowest BCUT2D eigenvalue weighted by Gasteiger charge is -2.20. The van der Waals surface area contributed by atoms with E-state index in [9.17, 15) is 13.6 Å². The van der Waals surface area contributed by atoms with Crippen molar-refractivity contribution in [1.29, 1.82) is 0 Å². The Balaban J connectivity index is 0.00000180. The third-order valence-electron chi connectivity index (χ3n) is 3.56. The van der Waals surface area contributed by atoms with E-state index in [-0.39, 0.29) is 31.3 Å². The third kappa shape index (κ3) is 4.26. The van der Waals surface area contributed by atoms with E-state index in [0.29, 0.717) is 32.2 Å². The zero-order valence-electron chi connectivity index (χ0n) is 11.0. The van der Waals surface area contributed by atoms with Gasteiger partial charge in [-0.05, 0) is 13.3 Å². The van der Waals surface area contributed by atoms with E-state index in [4.69, 9.17) is 4.74 Å². The third-order valence-corrected chi connectivity index (χ3v) is 3.56. The monoisotopic (exact) mass is 298 g/mol. The van der Waals surface area contributed by atoms with Gasteiger partial charge in [-0.25, -0.2) is 8.78 Å². The van der Waals surface area contributed by atoms with Gasteiger partial charge < -0.3 is 9.64 Å². The molecule has 2 rings (SSSR count). The van der Waals surface area contributed by atoms with Gasteiger partial charge in [0, 0.05) is 32.0 Å². The summed E-state index contributed by atoms with van der Waals surface area (Å²) in [4.78, 5) is 13.7. The van der Waals surface area contributed by atoms with Crippen LogP contribution in [0.2, 0.25) is 0 Å². The van der Waals surface area contributed by atoms with Gasteiger partial charge in [0.25, 0.3) is 5.92 Å². The molecule has 0 spiro atoms. The first-order valence-corrected chi connectivity index (χ1v) is 6.49. The Bertz CT molecular complexity index is 318. The summed E-state index contributed by atoms with van der Waals surface area (Å²) in [5.74, 6) is -2.59. The molecule has 2 aliphatic heterocycles. The topological polar surface area (TPSA) is 41.6 Å². The minimum atomic E-state index is -2.75. The molecule has 2 unspecified atom stereocenters. The molecule has 0 saturated carbocycles. The minimum Gasteiger partial charge on any atom is -0.381 e. The average molecular weight is 299 g/mol. The van der Waals surface area contributed by atoms with Crippen molar-refractivity contribution in [2.45, 2.75) is 31.7 Å². The molecule has 1 N–H and O–H groups in total. The van der Waals surface area contributed by atoms with Crippen LogP contribution in [0.1, 0.15) is 19.8 Å². The number of hydrogen-bond acceptors (Lipinski definition) is 3. The molecule has 2 aliphatic rings. The van der Waals surface area contributed by atoms with E-state index in [1.54, 1.807) is 4.90 Å². The first-order chi connectivity index (χ1) is 8.52. The number of ether oxygens (including phenoxy) is 1. The molecule has 2 heterocycles. The van der Waals surface area contributed by atoms with Crippen LogP contribution in [-0.2, 0) is 9.53 Å². The molecule has 19 heavy (non-hydrogen) atoms. The van der Waals surface area contributed by atoms with Crippen molar-refractivity contribution in [1.82, 2.24) is 10.2 Å². The summed E-state index contributed by atoms with van der Waals surface area (Å²) in [5, 5.41) is 2.61. The van der Waals surface area contributed by atoms with Gasteiger partial charge in [-0.15, -0.1) is 12.4 Å².